The molecule has 3 atom stereocenters. The molecule has 24 heavy (non-hydrogen) atoms. The first-order valence-electron chi connectivity index (χ1n) is 8.40. The molecule has 1 spiro atoms. The fourth-order valence-electron chi connectivity index (χ4n) is 4.45. The van der Waals surface area contributed by atoms with Crippen molar-refractivity contribution >= 4 is 37.2 Å². The molecule has 0 amide bonds. The maximum Gasteiger partial charge on any atom is 0.127 e. The lowest BCUT2D eigenvalue weighted by Crippen LogP contribution is -2.43. The molecule has 5 heteroatoms. The minimum atomic E-state index is 0.0446. The van der Waals surface area contributed by atoms with Gasteiger partial charge < -0.3 is 14.4 Å². The SMILES string of the molecule is COC1C=C[C@@]23CCN(C)Cc4cc(C)c(C)c(c42)OC3C1.II. The normalized spacial score (nSPS) is 30.6. The number of hydrogen-bond donors (Lipinski definition) is 0. The predicted octanol–water partition coefficient (Wildman–Crippen LogP) is 4.88. The number of methoxy groups -OCH3 is 1. The summed E-state index contributed by atoms with van der Waals surface area (Å²) in [6.45, 7) is 6.52. The summed E-state index contributed by atoms with van der Waals surface area (Å²) in [7, 11) is 4.01. The smallest absolute Gasteiger partial charge is 0.127 e. The van der Waals surface area contributed by atoms with E-state index in [1.807, 2.05) is 0 Å². The monoisotopic (exact) mass is 553 g/mol. The number of ether oxygens (including phenoxy) is 2. The average molecular weight is 553 g/mol. The second-order valence-corrected chi connectivity index (χ2v) is 7.19. The minimum Gasteiger partial charge on any atom is -0.488 e. The van der Waals surface area contributed by atoms with Crippen LogP contribution in [0.4, 0.5) is 0 Å². The van der Waals surface area contributed by atoms with Gasteiger partial charge in [0.15, 0.2) is 0 Å². The van der Waals surface area contributed by atoms with Gasteiger partial charge in [0.25, 0.3) is 0 Å². The molecule has 0 radical (unpaired) electrons. The molecule has 2 unspecified atom stereocenters. The summed E-state index contributed by atoms with van der Waals surface area (Å²) in [6, 6.07) is 2.37. The Hall–Kier alpha value is 0.140. The van der Waals surface area contributed by atoms with Gasteiger partial charge in [0, 0.05) is 62.9 Å². The lowest BCUT2D eigenvalue weighted by Gasteiger charge is -2.36. The van der Waals surface area contributed by atoms with E-state index in [9.17, 15) is 0 Å². The van der Waals surface area contributed by atoms with Gasteiger partial charge in [-0.05, 0) is 50.6 Å². The zero-order valence-electron chi connectivity index (χ0n) is 14.7. The molecule has 3 nitrogen and oxygen atoms in total. The Balaban J connectivity index is 0.000000815. The quantitative estimate of drug-likeness (QED) is 0.366. The molecule has 2 heterocycles. The zero-order chi connectivity index (χ0) is 17.5. The van der Waals surface area contributed by atoms with Crippen molar-refractivity contribution in [1.29, 1.82) is 0 Å². The zero-order valence-corrected chi connectivity index (χ0v) is 19.0. The third kappa shape index (κ3) is 2.93. The van der Waals surface area contributed by atoms with Gasteiger partial charge in [-0.2, -0.15) is 0 Å². The molecule has 1 aromatic rings. The predicted molar refractivity (Wildman–Crippen MR) is 116 cm³/mol. The van der Waals surface area contributed by atoms with Crippen LogP contribution in [0.5, 0.6) is 5.75 Å². The Bertz CT molecular complexity index is 661. The van der Waals surface area contributed by atoms with Crippen LogP contribution in [0.2, 0.25) is 0 Å². The molecule has 0 fully saturated rings. The van der Waals surface area contributed by atoms with Gasteiger partial charge in [-0.15, -0.1) is 0 Å². The molecule has 4 rings (SSSR count). The van der Waals surface area contributed by atoms with Crippen molar-refractivity contribution in [3.8, 4) is 5.75 Å². The Labute approximate surface area is 168 Å². The highest BCUT2D eigenvalue weighted by atomic mass is 128. The van der Waals surface area contributed by atoms with E-state index in [-0.39, 0.29) is 17.6 Å². The second kappa shape index (κ2) is 7.40. The summed E-state index contributed by atoms with van der Waals surface area (Å²) in [5.74, 6) is 1.15. The van der Waals surface area contributed by atoms with Crippen LogP contribution in [0, 0.1) is 13.8 Å². The van der Waals surface area contributed by atoms with Crippen molar-refractivity contribution in [2.75, 3.05) is 20.7 Å². The molecule has 0 saturated heterocycles. The standard InChI is InChI=1S/C19H25NO2.I2/c1-12-9-14-11-20(3)8-7-19-6-5-15(21-4)10-16(19)22-18(13(12)2)17(14)19;1-2/h5-6,9,15-16H,7-8,10-11H2,1-4H3;/t15?,16?,19-;/m0./s1. The van der Waals surface area contributed by atoms with E-state index in [2.05, 4.69) is 81.2 Å². The molecule has 1 aliphatic carbocycles. The van der Waals surface area contributed by atoms with Crippen molar-refractivity contribution in [2.45, 2.75) is 50.9 Å². The molecule has 0 aromatic heterocycles. The molecular formula is C19H25I2NO2. The fourth-order valence-corrected chi connectivity index (χ4v) is 4.45. The molecule has 0 N–H and O–H groups in total. The van der Waals surface area contributed by atoms with Crippen molar-refractivity contribution in [2.24, 2.45) is 0 Å². The maximum absolute atomic E-state index is 6.51. The third-order valence-electron chi connectivity index (χ3n) is 5.88. The first-order valence-corrected chi connectivity index (χ1v) is 14.7. The average Bonchev–Trinajstić information content (AvgIpc) is 2.87. The maximum atomic E-state index is 6.51. The van der Waals surface area contributed by atoms with E-state index < -0.39 is 0 Å². The van der Waals surface area contributed by atoms with Gasteiger partial charge >= 0.3 is 0 Å². The first kappa shape index (κ1) is 18.9. The molecule has 1 aromatic carbocycles. The highest BCUT2D eigenvalue weighted by Gasteiger charge is 2.52. The van der Waals surface area contributed by atoms with Crippen LogP contribution in [0.3, 0.4) is 0 Å². The summed E-state index contributed by atoms with van der Waals surface area (Å²) in [5, 5.41) is 0. The summed E-state index contributed by atoms with van der Waals surface area (Å²) >= 11 is 4.24. The number of halogens is 2. The fraction of sp³-hybridized carbons (Fsp3) is 0.579. The molecule has 2 aliphatic heterocycles. The molecule has 3 aliphatic rings. The molecule has 132 valence electrons. The van der Waals surface area contributed by atoms with E-state index >= 15 is 0 Å². The summed E-state index contributed by atoms with van der Waals surface area (Å²) < 4.78 is 12.1. The van der Waals surface area contributed by atoms with E-state index in [1.165, 1.54) is 22.3 Å². The molecule has 0 saturated carbocycles. The van der Waals surface area contributed by atoms with Crippen LogP contribution < -0.4 is 4.74 Å². The Kier molecular flexibility index (Phi) is 5.84. The van der Waals surface area contributed by atoms with E-state index in [1.54, 1.807) is 7.11 Å². The van der Waals surface area contributed by atoms with Gasteiger partial charge in [0.2, 0.25) is 0 Å². The lowest BCUT2D eigenvalue weighted by molar-refractivity contribution is 0.0557. The Morgan fingerprint density at radius 3 is 2.79 bits per heavy atom. The van der Waals surface area contributed by atoms with Crippen molar-refractivity contribution in [3.63, 3.8) is 0 Å². The number of hydrogen-bond acceptors (Lipinski definition) is 3. The van der Waals surface area contributed by atoms with E-state index in [4.69, 9.17) is 9.47 Å². The summed E-state index contributed by atoms with van der Waals surface area (Å²) in [4.78, 5) is 2.44. The van der Waals surface area contributed by atoms with E-state index in [0.717, 1.165) is 31.7 Å². The summed E-state index contributed by atoms with van der Waals surface area (Å²) in [6.07, 6.45) is 7.10. The van der Waals surface area contributed by atoms with E-state index in [0.29, 0.717) is 0 Å². The van der Waals surface area contributed by atoms with Crippen LogP contribution in [0.1, 0.15) is 35.1 Å². The van der Waals surface area contributed by atoms with Crippen LogP contribution in [-0.4, -0.2) is 37.8 Å². The third-order valence-corrected chi connectivity index (χ3v) is 5.88. The highest BCUT2D eigenvalue weighted by molar-refractivity contribution is 15.0. The topological polar surface area (TPSA) is 21.7 Å². The first-order chi connectivity index (χ1) is 11.5. The van der Waals surface area contributed by atoms with Gasteiger partial charge in [0.05, 0.1) is 11.5 Å². The van der Waals surface area contributed by atoms with Crippen molar-refractivity contribution in [1.82, 2.24) is 4.90 Å². The van der Waals surface area contributed by atoms with Crippen LogP contribution in [-0.2, 0) is 16.7 Å². The van der Waals surface area contributed by atoms with Crippen molar-refractivity contribution < 1.29 is 9.47 Å². The summed E-state index contributed by atoms with van der Waals surface area (Å²) in [5.41, 5.74) is 5.59. The largest absolute Gasteiger partial charge is 0.488 e. The minimum absolute atomic E-state index is 0.0446. The van der Waals surface area contributed by atoms with Crippen LogP contribution in [0.15, 0.2) is 18.2 Å². The van der Waals surface area contributed by atoms with Crippen LogP contribution >= 0.6 is 37.2 Å². The lowest BCUT2D eigenvalue weighted by atomic mass is 9.68. The van der Waals surface area contributed by atoms with Gasteiger partial charge in [-0.25, -0.2) is 0 Å². The number of benzene rings is 1. The van der Waals surface area contributed by atoms with Gasteiger partial charge in [-0.3, -0.25) is 0 Å². The van der Waals surface area contributed by atoms with Gasteiger partial charge in [0.1, 0.15) is 11.9 Å². The van der Waals surface area contributed by atoms with Crippen molar-refractivity contribution in [3.05, 3.63) is 40.5 Å². The highest BCUT2D eigenvalue weighted by Crippen LogP contribution is 2.54. The second-order valence-electron chi connectivity index (χ2n) is 7.19. The van der Waals surface area contributed by atoms with Crippen LogP contribution in [0.25, 0.3) is 0 Å². The molecule has 0 bridgehead atoms. The molecular weight excluding hydrogens is 528 g/mol. The number of aryl methyl sites for hydroxylation is 1. The number of rotatable bonds is 1. The Morgan fingerprint density at radius 1 is 1.33 bits per heavy atom. The van der Waals surface area contributed by atoms with Gasteiger partial charge in [-0.1, -0.05) is 18.2 Å². The Morgan fingerprint density at radius 2 is 2.08 bits per heavy atom. The number of nitrogens with zero attached hydrogens (tertiary/aromatic N) is 1.